The molecule has 0 spiro atoms. The third-order valence-electron chi connectivity index (χ3n) is 5.15. The lowest BCUT2D eigenvalue weighted by molar-refractivity contribution is -0.137. The van der Waals surface area contributed by atoms with E-state index in [1.54, 1.807) is 10.7 Å². The molecule has 0 fully saturated rings. The summed E-state index contributed by atoms with van der Waals surface area (Å²) >= 11 is 0. The van der Waals surface area contributed by atoms with Crippen LogP contribution < -0.4 is 5.32 Å². The second kappa shape index (κ2) is 8.99. The molecule has 0 atom stereocenters. The highest BCUT2D eigenvalue weighted by atomic mass is 19.1. The molecule has 1 heterocycles. The van der Waals surface area contributed by atoms with Crippen molar-refractivity contribution in [1.82, 2.24) is 15.1 Å². The summed E-state index contributed by atoms with van der Waals surface area (Å²) in [6.45, 7) is 2.36. The zero-order valence-electron chi connectivity index (χ0n) is 16.1. The number of aliphatic carboxylic acids is 1. The summed E-state index contributed by atoms with van der Waals surface area (Å²) in [7, 11) is 0. The molecular formula is C21H26FN3O3. The number of benzene rings is 1. The highest BCUT2D eigenvalue weighted by molar-refractivity contribution is 5.94. The summed E-state index contributed by atoms with van der Waals surface area (Å²) in [6.07, 6.45) is 5.83. The molecule has 28 heavy (non-hydrogen) atoms. The number of amides is 1. The van der Waals surface area contributed by atoms with Crippen molar-refractivity contribution in [1.29, 1.82) is 0 Å². The molecule has 1 aromatic carbocycles. The first-order valence-electron chi connectivity index (χ1n) is 9.85. The van der Waals surface area contributed by atoms with E-state index in [-0.39, 0.29) is 18.1 Å². The van der Waals surface area contributed by atoms with Crippen molar-refractivity contribution >= 4 is 11.9 Å². The molecule has 0 saturated carbocycles. The number of aromatic nitrogens is 2. The molecule has 1 amide bonds. The fourth-order valence-electron chi connectivity index (χ4n) is 3.74. The van der Waals surface area contributed by atoms with Gasteiger partial charge in [0, 0.05) is 24.2 Å². The Hall–Kier alpha value is -2.70. The van der Waals surface area contributed by atoms with Crippen molar-refractivity contribution in [2.24, 2.45) is 0 Å². The van der Waals surface area contributed by atoms with Gasteiger partial charge in [-0.2, -0.15) is 5.10 Å². The number of rotatable bonds is 9. The average Bonchev–Trinajstić information content (AvgIpc) is 3.24. The van der Waals surface area contributed by atoms with E-state index in [4.69, 9.17) is 5.11 Å². The van der Waals surface area contributed by atoms with Gasteiger partial charge in [0.1, 0.15) is 11.5 Å². The van der Waals surface area contributed by atoms with E-state index in [0.717, 1.165) is 55.3 Å². The number of nitrogens with zero attached hydrogens (tertiary/aromatic N) is 2. The summed E-state index contributed by atoms with van der Waals surface area (Å²) in [5.41, 5.74) is 3.43. The fourth-order valence-corrected chi connectivity index (χ4v) is 3.74. The molecule has 6 nitrogen and oxygen atoms in total. The van der Waals surface area contributed by atoms with E-state index in [9.17, 15) is 14.0 Å². The Morgan fingerprint density at radius 2 is 2.00 bits per heavy atom. The third kappa shape index (κ3) is 4.40. The maximum atomic E-state index is 14.4. The van der Waals surface area contributed by atoms with Gasteiger partial charge in [-0.3, -0.25) is 9.59 Å². The summed E-state index contributed by atoms with van der Waals surface area (Å²) in [4.78, 5) is 23.1. The third-order valence-corrected chi connectivity index (χ3v) is 5.15. The molecular weight excluding hydrogens is 361 g/mol. The van der Waals surface area contributed by atoms with Crippen molar-refractivity contribution < 1.29 is 19.1 Å². The van der Waals surface area contributed by atoms with Gasteiger partial charge in [0.25, 0.3) is 5.91 Å². The van der Waals surface area contributed by atoms with Gasteiger partial charge in [0.05, 0.1) is 0 Å². The number of hydrogen-bond acceptors (Lipinski definition) is 3. The number of carboxylic acids is 1. The molecule has 0 saturated heterocycles. The second-order valence-electron chi connectivity index (χ2n) is 7.26. The number of carbonyl (C=O) groups excluding carboxylic acids is 1. The Kier molecular flexibility index (Phi) is 6.44. The number of halogens is 1. The van der Waals surface area contributed by atoms with Gasteiger partial charge in [-0.25, -0.2) is 9.07 Å². The molecule has 2 aromatic rings. The summed E-state index contributed by atoms with van der Waals surface area (Å²) < 4.78 is 16.0. The summed E-state index contributed by atoms with van der Waals surface area (Å²) in [6, 6.07) is 4.92. The molecule has 3 rings (SSSR count). The second-order valence-corrected chi connectivity index (χ2v) is 7.26. The van der Waals surface area contributed by atoms with Gasteiger partial charge in [-0.15, -0.1) is 0 Å². The van der Waals surface area contributed by atoms with Gasteiger partial charge in [0.2, 0.25) is 0 Å². The zero-order chi connectivity index (χ0) is 20.1. The van der Waals surface area contributed by atoms with Gasteiger partial charge >= 0.3 is 5.97 Å². The lowest BCUT2D eigenvalue weighted by Crippen LogP contribution is -2.26. The number of unbranched alkanes of at least 4 members (excludes halogenated alkanes) is 3. The Morgan fingerprint density at radius 1 is 1.21 bits per heavy atom. The molecule has 7 heteroatoms. The highest BCUT2D eigenvalue weighted by Gasteiger charge is 2.28. The smallest absolute Gasteiger partial charge is 0.303 e. The zero-order valence-corrected chi connectivity index (χ0v) is 16.1. The highest BCUT2D eigenvalue weighted by Crippen LogP contribution is 2.29. The van der Waals surface area contributed by atoms with Crippen LogP contribution in [0.5, 0.6) is 0 Å². The van der Waals surface area contributed by atoms with E-state index in [1.807, 2.05) is 13.0 Å². The van der Waals surface area contributed by atoms with E-state index in [0.29, 0.717) is 24.3 Å². The van der Waals surface area contributed by atoms with Crippen LogP contribution >= 0.6 is 0 Å². The molecule has 150 valence electrons. The normalized spacial score (nSPS) is 12.8. The van der Waals surface area contributed by atoms with Gasteiger partial charge in [0.15, 0.2) is 5.69 Å². The Bertz CT molecular complexity index is 856. The minimum atomic E-state index is -0.775. The number of carboxylic acid groups (broad SMARTS) is 1. The van der Waals surface area contributed by atoms with Gasteiger partial charge in [-0.1, -0.05) is 25.0 Å². The molecule has 0 bridgehead atoms. The molecule has 1 aliphatic carbocycles. The number of hydrogen-bond donors (Lipinski definition) is 2. The van der Waals surface area contributed by atoms with Crippen molar-refractivity contribution in [2.45, 2.75) is 58.3 Å². The average molecular weight is 387 g/mol. The van der Waals surface area contributed by atoms with Crippen LogP contribution in [-0.4, -0.2) is 33.3 Å². The van der Waals surface area contributed by atoms with Crippen LogP contribution in [0.1, 0.15) is 65.8 Å². The van der Waals surface area contributed by atoms with Crippen LogP contribution in [0.15, 0.2) is 18.2 Å². The van der Waals surface area contributed by atoms with Crippen molar-refractivity contribution in [3.05, 3.63) is 46.5 Å². The first-order chi connectivity index (χ1) is 13.5. The van der Waals surface area contributed by atoms with Crippen LogP contribution in [0.2, 0.25) is 0 Å². The van der Waals surface area contributed by atoms with E-state index in [2.05, 4.69) is 10.4 Å². The Balaban J connectivity index is 1.65. The number of nitrogens with one attached hydrogen (secondary N) is 1. The Morgan fingerprint density at radius 3 is 2.75 bits per heavy atom. The van der Waals surface area contributed by atoms with Crippen molar-refractivity contribution in [3.8, 4) is 5.69 Å². The van der Waals surface area contributed by atoms with Crippen LogP contribution in [0, 0.1) is 12.7 Å². The quantitative estimate of drug-likeness (QED) is 0.644. The number of aryl methyl sites for hydroxylation is 1. The maximum Gasteiger partial charge on any atom is 0.303 e. The molecule has 1 aromatic heterocycles. The molecule has 0 radical (unpaired) electrons. The Labute approximate surface area is 163 Å². The standard InChI is InChI=1S/C21H26FN3O3/c1-14-8-6-10-16(22)20(14)25-17-11-7-9-15(17)19(24-25)21(28)23-13-5-3-2-4-12-18(26)27/h6,8,10H,2-5,7,9,11-13H2,1H3,(H,23,28)(H,26,27). The van der Waals surface area contributed by atoms with E-state index >= 15 is 0 Å². The summed E-state index contributed by atoms with van der Waals surface area (Å²) in [5.74, 6) is -1.34. The number of carbonyl (C=O) groups is 2. The maximum absolute atomic E-state index is 14.4. The molecule has 1 aliphatic rings. The van der Waals surface area contributed by atoms with Crippen LogP contribution in [0.4, 0.5) is 4.39 Å². The molecule has 0 unspecified atom stereocenters. The fraction of sp³-hybridized carbons (Fsp3) is 0.476. The topological polar surface area (TPSA) is 84.2 Å². The van der Waals surface area contributed by atoms with Gasteiger partial charge < -0.3 is 10.4 Å². The van der Waals surface area contributed by atoms with Crippen LogP contribution in [0.3, 0.4) is 0 Å². The molecule has 0 aliphatic heterocycles. The largest absolute Gasteiger partial charge is 0.481 e. The van der Waals surface area contributed by atoms with Gasteiger partial charge in [-0.05, 0) is 50.7 Å². The first kappa shape index (κ1) is 20.0. The van der Waals surface area contributed by atoms with E-state index < -0.39 is 5.97 Å². The van der Waals surface area contributed by atoms with Crippen LogP contribution in [0.25, 0.3) is 5.69 Å². The number of para-hydroxylation sites is 1. The minimum Gasteiger partial charge on any atom is -0.481 e. The van der Waals surface area contributed by atoms with E-state index in [1.165, 1.54) is 6.07 Å². The first-order valence-corrected chi connectivity index (χ1v) is 9.85. The summed E-state index contributed by atoms with van der Waals surface area (Å²) in [5, 5.41) is 16.0. The van der Waals surface area contributed by atoms with Crippen molar-refractivity contribution in [3.63, 3.8) is 0 Å². The van der Waals surface area contributed by atoms with Crippen LogP contribution in [-0.2, 0) is 17.6 Å². The molecule has 2 N–H and O–H groups in total. The van der Waals surface area contributed by atoms with Crippen molar-refractivity contribution in [2.75, 3.05) is 6.54 Å². The lowest BCUT2D eigenvalue weighted by atomic mass is 10.1. The minimum absolute atomic E-state index is 0.186. The predicted molar refractivity (Wildman–Crippen MR) is 103 cm³/mol. The predicted octanol–water partition coefficient (Wildman–Crippen LogP) is 3.57. The lowest BCUT2D eigenvalue weighted by Gasteiger charge is -2.10. The SMILES string of the molecule is Cc1cccc(F)c1-n1nc(C(=O)NCCCCCCC(=O)O)c2c1CCC2. The monoisotopic (exact) mass is 387 g/mol. The number of fused-ring (bicyclic) bond motifs is 1.